The number of hydrogen-bond acceptors (Lipinski definition) is 2. The summed E-state index contributed by atoms with van der Waals surface area (Å²) in [6.07, 6.45) is 0. The molecule has 0 aliphatic carbocycles. The molecule has 0 aromatic heterocycles. The molecule has 0 fully saturated rings. The normalized spacial score (nSPS) is 10.4. The molecule has 0 aliphatic rings. The lowest BCUT2D eigenvalue weighted by molar-refractivity contribution is 0.457. The molecule has 0 radical (unpaired) electrons. The van der Waals surface area contributed by atoms with Gasteiger partial charge in [-0.25, -0.2) is 8.78 Å². The van der Waals surface area contributed by atoms with Crippen molar-refractivity contribution in [3.8, 4) is 11.5 Å². The monoisotopic (exact) mass is 313 g/mol. The van der Waals surface area contributed by atoms with Gasteiger partial charge in [-0.15, -0.1) is 0 Å². The van der Waals surface area contributed by atoms with Gasteiger partial charge in [0.1, 0.15) is 11.5 Å². The van der Waals surface area contributed by atoms with Crippen LogP contribution in [0.3, 0.4) is 0 Å². The third-order valence-electron chi connectivity index (χ3n) is 2.37. The second-order valence-corrected chi connectivity index (χ2v) is 4.55. The van der Waals surface area contributed by atoms with E-state index in [1.807, 2.05) is 6.07 Å². The van der Waals surface area contributed by atoms with Crippen LogP contribution in [0, 0.1) is 11.6 Å². The van der Waals surface area contributed by atoms with Gasteiger partial charge in [-0.2, -0.15) is 0 Å². The van der Waals surface area contributed by atoms with Crippen molar-refractivity contribution >= 4 is 15.9 Å². The predicted octanol–water partition coefficient (Wildman–Crippen LogP) is 3.98. The van der Waals surface area contributed by atoms with Crippen molar-refractivity contribution in [1.29, 1.82) is 0 Å². The van der Waals surface area contributed by atoms with E-state index in [4.69, 9.17) is 10.5 Å². The van der Waals surface area contributed by atoms with Crippen LogP contribution in [0.4, 0.5) is 8.78 Å². The highest BCUT2D eigenvalue weighted by Crippen LogP contribution is 2.29. The molecule has 2 rings (SSSR count). The first kappa shape index (κ1) is 13.0. The lowest BCUT2D eigenvalue weighted by Gasteiger charge is -2.10. The van der Waals surface area contributed by atoms with Gasteiger partial charge in [0.25, 0.3) is 0 Å². The summed E-state index contributed by atoms with van der Waals surface area (Å²) >= 11 is 3.31. The summed E-state index contributed by atoms with van der Waals surface area (Å²) in [6.45, 7) is 0.298. The van der Waals surface area contributed by atoms with Crippen LogP contribution in [0.1, 0.15) is 5.56 Å². The number of halogens is 3. The molecule has 0 unspecified atom stereocenters. The molecule has 0 atom stereocenters. The fourth-order valence-corrected chi connectivity index (χ4v) is 1.80. The lowest BCUT2D eigenvalue weighted by atomic mass is 10.2. The van der Waals surface area contributed by atoms with Crippen molar-refractivity contribution in [3.05, 3.63) is 58.1 Å². The lowest BCUT2D eigenvalue weighted by Crippen LogP contribution is -1.99. The second-order valence-electron chi connectivity index (χ2n) is 3.63. The number of nitrogens with two attached hydrogens (primary N) is 1. The van der Waals surface area contributed by atoms with Crippen molar-refractivity contribution < 1.29 is 13.5 Å². The number of hydrogen-bond donors (Lipinski definition) is 1. The van der Waals surface area contributed by atoms with Crippen LogP contribution < -0.4 is 10.5 Å². The Labute approximate surface area is 112 Å². The van der Waals surface area contributed by atoms with E-state index >= 15 is 0 Å². The van der Waals surface area contributed by atoms with Crippen LogP contribution >= 0.6 is 15.9 Å². The molecule has 18 heavy (non-hydrogen) atoms. The number of benzene rings is 2. The molecule has 0 saturated heterocycles. The molecule has 0 spiro atoms. The highest BCUT2D eigenvalue weighted by atomic mass is 79.9. The summed E-state index contributed by atoms with van der Waals surface area (Å²) in [4.78, 5) is 0. The Morgan fingerprint density at radius 2 is 1.83 bits per heavy atom. The first-order valence-corrected chi connectivity index (χ1v) is 6.01. The second kappa shape index (κ2) is 5.46. The van der Waals surface area contributed by atoms with Crippen molar-refractivity contribution in [2.45, 2.75) is 6.54 Å². The van der Waals surface area contributed by atoms with Gasteiger partial charge < -0.3 is 10.5 Å². The van der Waals surface area contributed by atoms with E-state index in [0.29, 0.717) is 12.3 Å². The van der Waals surface area contributed by atoms with E-state index in [9.17, 15) is 8.78 Å². The van der Waals surface area contributed by atoms with E-state index < -0.39 is 11.6 Å². The van der Waals surface area contributed by atoms with Gasteiger partial charge in [-0.1, -0.05) is 22.0 Å². The smallest absolute Gasteiger partial charge is 0.162 e. The third kappa shape index (κ3) is 2.86. The Balaban J connectivity index is 2.33. The zero-order valence-corrected chi connectivity index (χ0v) is 10.9. The minimum atomic E-state index is -0.947. The van der Waals surface area contributed by atoms with Gasteiger partial charge in [0.15, 0.2) is 11.6 Å². The van der Waals surface area contributed by atoms with Gasteiger partial charge in [-0.3, -0.25) is 0 Å². The zero-order valence-electron chi connectivity index (χ0n) is 9.29. The molecule has 5 heteroatoms. The molecular weight excluding hydrogens is 304 g/mol. The summed E-state index contributed by atoms with van der Waals surface area (Å²) in [5.74, 6) is -1.12. The number of rotatable bonds is 3. The molecule has 94 valence electrons. The van der Waals surface area contributed by atoms with E-state index in [2.05, 4.69) is 15.9 Å². The van der Waals surface area contributed by atoms with Gasteiger partial charge in [0.05, 0.1) is 0 Å². The zero-order chi connectivity index (χ0) is 13.1. The quantitative estimate of drug-likeness (QED) is 0.930. The summed E-state index contributed by atoms with van der Waals surface area (Å²) in [7, 11) is 0. The summed E-state index contributed by atoms with van der Waals surface area (Å²) < 4.78 is 32.2. The maximum atomic E-state index is 13.1. The largest absolute Gasteiger partial charge is 0.457 e. The third-order valence-corrected chi connectivity index (χ3v) is 2.86. The fraction of sp³-hybridized carbons (Fsp3) is 0.0769. The van der Waals surface area contributed by atoms with Gasteiger partial charge in [0, 0.05) is 22.6 Å². The summed E-state index contributed by atoms with van der Waals surface area (Å²) in [5.41, 5.74) is 6.36. The molecule has 2 aromatic carbocycles. The Morgan fingerprint density at radius 1 is 1.06 bits per heavy atom. The first-order valence-electron chi connectivity index (χ1n) is 5.21. The van der Waals surface area contributed by atoms with Crippen LogP contribution in [-0.2, 0) is 6.54 Å². The molecule has 2 N–H and O–H groups in total. The maximum Gasteiger partial charge on any atom is 0.162 e. The van der Waals surface area contributed by atoms with Crippen LogP contribution in [0.15, 0.2) is 40.9 Å². The highest BCUT2D eigenvalue weighted by Gasteiger charge is 2.07. The van der Waals surface area contributed by atoms with Gasteiger partial charge in [0.2, 0.25) is 0 Å². The van der Waals surface area contributed by atoms with Crippen molar-refractivity contribution in [2.75, 3.05) is 0 Å². The van der Waals surface area contributed by atoms with E-state index in [1.54, 1.807) is 12.1 Å². The van der Waals surface area contributed by atoms with Crippen molar-refractivity contribution in [2.24, 2.45) is 5.73 Å². The van der Waals surface area contributed by atoms with Crippen LogP contribution in [0.5, 0.6) is 11.5 Å². The molecule has 0 saturated carbocycles. The highest BCUT2D eigenvalue weighted by molar-refractivity contribution is 9.10. The molecule has 2 nitrogen and oxygen atoms in total. The van der Waals surface area contributed by atoms with Crippen molar-refractivity contribution in [1.82, 2.24) is 0 Å². The minimum absolute atomic E-state index is 0.224. The average molecular weight is 314 g/mol. The summed E-state index contributed by atoms with van der Waals surface area (Å²) in [6, 6.07) is 8.74. The van der Waals surface area contributed by atoms with Gasteiger partial charge in [-0.05, 0) is 24.3 Å². The molecule has 0 heterocycles. The Hall–Kier alpha value is -1.46. The van der Waals surface area contributed by atoms with Crippen molar-refractivity contribution in [3.63, 3.8) is 0 Å². The average Bonchev–Trinajstić information content (AvgIpc) is 2.34. The van der Waals surface area contributed by atoms with E-state index in [-0.39, 0.29) is 5.75 Å². The topological polar surface area (TPSA) is 35.2 Å². The number of ether oxygens (including phenoxy) is 1. The SMILES string of the molecule is NCc1ccc(Br)cc1Oc1ccc(F)c(F)c1. The maximum absolute atomic E-state index is 13.1. The standard InChI is InChI=1S/C13H10BrF2NO/c14-9-2-1-8(7-17)13(5-9)18-10-3-4-11(15)12(16)6-10/h1-6H,7,17H2. The molecular formula is C13H10BrF2NO. The molecule has 0 amide bonds. The van der Waals surface area contributed by atoms with Crippen LogP contribution in [-0.4, -0.2) is 0 Å². The minimum Gasteiger partial charge on any atom is -0.457 e. The molecule has 2 aromatic rings. The predicted molar refractivity (Wildman–Crippen MR) is 68.5 cm³/mol. The van der Waals surface area contributed by atoms with E-state index in [1.165, 1.54) is 6.07 Å². The summed E-state index contributed by atoms with van der Waals surface area (Å²) in [5, 5.41) is 0. The molecule has 0 aliphatic heterocycles. The van der Waals surface area contributed by atoms with Crippen LogP contribution in [0.25, 0.3) is 0 Å². The van der Waals surface area contributed by atoms with E-state index in [0.717, 1.165) is 22.2 Å². The first-order chi connectivity index (χ1) is 8.60. The fourth-order valence-electron chi connectivity index (χ4n) is 1.46. The Kier molecular flexibility index (Phi) is 3.93. The Bertz CT molecular complexity index is 575. The Morgan fingerprint density at radius 3 is 2.50 bits per heavy atom. The van der Waals surface area contributed by atoms with Crippen LogP contribution in [0.2, 0.25) is 0 Å². The molecule has 0 bridgehead atoms. The van der Waals surface area contributed by atoms with Gasteiger partial charge >= 0.3 is 0 Å².